The van der Waals surface area contributed by atoms with E-state index in [0.29, 0.717) is 31.1 Å². The first-order chi connectivity index (χ1) is 10.1. The third-order valence-corrected chi connectivity index (χ3v) is 3.44. The second-order valence-electron chi connectivity index (χ2n) is 5.61. The van der Waals surface area contributed by atoms with Gasteiger partial charge in [-0.15, -0.1) is 0 Å². The predicted molar refractivity (Wildman–Crippen MR) is 75.5 cm³/mol. The molecule has 1 fully saturated rings. The summed E-state index contributed by atoms with van der Waals surface area (Å²) in [6, 6.07) is -0.422. The van der Waals surface area contributed by atoms with Crippen molar-refractivity contribution in [2.75, 3.05) is 6.54 Å². The van der Waals surface area contributed by atoms with E-state index in [4.69, 9.17) is 4.52 Å². The second-order valence-corrected chi connectivity index (χ2v) is 5.61. The van der Waals surface area contributed by atoms with Gasteiger partial charge in [-0.05, 0) is 19.3 Å². The van der Waals surface area contributed by atoms with Gasteiger partial charge < -0.3 is 15.2 Å². The standard InChI is InChI=1S/C14H22N4O3/c1-9(2)13-17-12(21-18-13)7-6-11(19)16-10-5-3-4-8-15-14(10)20/h9-10H,3-8H2,1-2H3,(H,15,20)(H,16,19). The van der Waals surface area contributed by atoms with Crippen molar-refractivity contribution < 1.29 is 14.1 Å². The minimum atomic E-state index is -0.422. The van der Waals surface area contributed by atoms with Gasteiger partial charge in [0.2, 0.25) is 17.7 Å². The van der Waals surface area contributed by atoms with Gasteiger partial charge in [0.1, 0.15) is 6.04 Å². The molecular formula is C14H22N4O3. The first kappa shape index (κ1) is 15.5. The molecule has 2 amide bonds. The Labute approximate surface area is 123 Å². The Morgan fingerprint density at radius 2 is 2.29 bits per heavy atom. The summed E-state index contributed by atoms with van der Waals surface area (Å²) < 4.78 is 5.09. The molecule has 0 aliphatic carbocycles. The zero-order valence-electron chi connectivity index (χ0n) is 12.5. The van der Waals surface area contributed by atoms with Crippen molar-refractivity contribution in [1.82, 2.24) is 20.8 Å². The molecule has 21 heavy (non-hydrogen) atoms. The van der Waals surface area contributed by atoms with E-state index in [0.717, 1.165) is 12.8 Å². The zero-order valence-corrected chi connectivity index (χ0v) is 12.5. The fourth-order valence-electron chi connectivity index (χ4n) is 2.17. The van der Waals surface area contributed by atoms with E-state index in [1.54, 1.807) is 0 Å². The summed E-state index contributed by atoms with van der Waals surface area (Å²) in [6.45, 7) is 4.64. The lowest BCUT2D eigenvalue weighted by molar-refractivity contribution is -0.128. The number of nitrogens with one attached hydrogen (secondary N) is 2. The molecule has 1 saturated heterocycles. The number of hydrogen-bond acceptors (Lipinski definition) is 5. The van der Waals surface area contributed by atoms with Crippen molar-refractivity contribution >= 4 is 11.8 Å². The maximum Gasteiger partial charge on any atom is 0.242 e. The van der Waals surface area contributed by atoms with Crippen molar-refractivity contribution in [2.45, 2.75) is 57.9 Å². The topological polar surface area (TPSA) is 97.1 Å². The second kappa shape index (κ2) is 7.19. The van der Waals surface area contributed by atoms with E-state index in [1.165, 1.54) is 0 Å². The molecule has 1 atom stereocenters. The summed E-state index contributed by atoms with van der Waals surface area (Å²) >= 11 is 0. The molecule has 1 aliphatic heterocycles. The van der Waals surface area contributed by atoms with Gasteiger partial charge in [-0.1, -0.05) is 19.0 Å². The lowest BCUT2D eigenvalue weighted by Crippen LogP contribution is -2.45. The van der Waals surface area contributed by atoms with E-state index in [2.05, 4.69) is 20.8 Å². The van der Waals surface area contributed by atoms with Crippen LogP contribution in [0.15, 0.2) is 4.52 Å². The molecule has 0 saturated carbocycles. The van der Waals surface area contributed by atoms with Crippen molar-refractivity contribution in [2.24, 2.45) is 0 Å². The van der Waals surface area contributed by atoms with E-state index in [9.17, 15) is 9.59 Å². The molecule has 1 aliphatic rings. The van der Waals surface area contributed by atoms with Gasteiger partial charge in [0, 0.05) is 25.3 Å². The summed E-state index contributed by atoms with van der Waals surface area (Å²) in [5.41, 5.74) is 0. The number of rotatable bonds is 5. The number of carbonyl (C=O) groups is 2. The highest BCUT2D eigenvalue weighted by molar-refractivity contribution is 5.87. The molecule has 2 heterocycles. The minimum absolute atomic E-state index is 0.0965. The molecule has 7 nitrogen and oxygen atoms in total. The Balaban J connectivity index is 1.79. The summed E-state index contributed by atoms with van der Waals surface area (Å²) in [5.74, 6) is 1.04. The molecule has 116 valence electrons. The van der Waals surface area contributed by atoms with Crippen LogP contribution in [-0.4, -0.2) is 34.5 Å². The van der Waals surface area contributed by atoms with Crippen LogP contribution in [0.1, 0.15) is 57.2 Å². The fraction of sp³-hybridized carbons (Fsp3) is 0.714. The molecule has 2 N–H and O–H groups in total. The number of aromatic nitrogens is 2. The van der Waals surface area contributed by atoms with Crippen molar-refractivity contribution in [3.8, 4) is 0 Å². The van der Waals surface area contributed by atoms with Crippen LogP contribution in [-0.2, 0) is 16.0 Å². The van der Waals surface area contributed by atoms with Crippen LogP contribution < -0.4 is 10.6 Å². The molecule has 0 aromatic carbocycles. The molecule has 0 radical (unpaired) electrons. The summed E-state index contributed by atoms with van der Waals surface area (Å²) in [6.07, 6.45) is 3.21. The lowest BCUT2D eigenvalue weighted by atomic mass is 10.1. The first-order valence-electron chi connectivity index (χ1n) is 7.46. The Kier molecular flexibility index (Phi) is 5.30. The molecular weight excluding hydrogens is 272 g/mol. The number of amides is 2. The normalized spacial score (nSPS) is 19.2. The Morgan fingerprint density at radius 3 is 3.00 bits per heavy atom. The monoisotopic (exact) mass is 294 g/mol. The van der Waals surface area contributed by atoms with Gasteiger partial charge in [-0.3, -0.25) is 9.59 Å². The zero-order chi connectivity index (χ0) is 15.2. The summed E-state index contributed by atoms with van der Waals surface area (Å²) in [5, 5.41) is 9.41. The van der Waals surface area contributed by atoms with Crippen molar-refractivity contribution in [3.63, 3.8) is 0 Å². The van der Waals surface area contributed by atoms with E-state index >= 15 is 0 Å². The highest BCUT2D eigenvalue weighted by Crippen LogP contribution is 2.11. The molecule has 0 spiro atoms. The van der Waals surface area contributed by atoms with Crippen LogP contribution in [0.4, 0.5) is 0 Å². The Bertz CT molecular complexity index is 498. The highest BCUT2D eigenvalue weighted by atomic mass is 16.5. The third kappa shape index (κ3) is 4.54. The molecule has 1 unspecified atom stereocenters. The highest BCUT2D eigenvalue weighted by Gasteiger charge is 2.22. The fourth-order valence-corrected chi connectivity index (χ4v) is 2.17. The van der Waals surface area contributed by atoms with Crippen molar-refractivity contribution in [1.29, 1.82) is 0 Å². The molecule has 2 rings (SSSR count). The van der Waals surface area contributed by atoms with E-state index in [1.807, 2.05) is 13.8 Å². The molecule has 1 aromatic heterocycles. The van der Waals surface area contributed by atoms with Gasteiger partial charge in [-0.25, -0.2) is 0 Å². The maximum atomic E-state index is 11.9. The maximum absolute atomic E-state index is 11.9. The molecule has 0 bridgehead atoms. The molecule has 7 heteroatoms. The minimum Gasteiger partial charge on any atom is -0.354 e. The van der Waals surface area contributed by atoms with Gasteiger partial charge in [-0.2, -0.15) is 4.98 Å². The Morgan fingerprint density at radius 1 is 1.48 bits per heavy atom. The van der Waals surface area contributed by atoms with Crippen LogP contribution >= 0.6 is 0 Å². The van der Waals surface area contributed by atoms with E-state index in [-0.39, 0.29) is 24.2 Å². The first-order valence-corrected chi connectivity index (χ1v) is 7.46. The smallest absolute Gasteiger partial charge is 0.242 e. The van der Waals surface area contributed by atoms with E-state index < -0.39 is 6.04 Å². The van der Waals surface area contributed by atoms with Gasteiger partial charge in [0.15, 0.2) is 5.82 Å². The van der Waals surface area contributed by atoms with Gasteiger partial charge in [0.25, 0.3) is 0 Å². The van der Waals surface area contributed by atoms with Gasteiger partial charge >= 0.3 is 0 Å². The summed E-state index contributed by atoms with van der Waals surface area (Å²) in [4.78, 5) is 27.9. The van der Waals surface area contributed by atoms with Gasteiger partial charge in [0.05, 0.1) is 0 Å². The number of aryl methyl sites for hydroxylation is 1. The van der Waals surface area contributed by atoms with Crippen LogP contribution in [0.3, 0.4) is 0 Å². The quantitative estimate of drug-likeness (QED) is 0.841. The van der Waals surface area contributed by atoms with Crippen molar-refractivity contribution in [3.05, 3.63) is 11.7 Å². The largest absolute Gasteiger partial charge is 0.354 e. The van der Waals surface area contributed by atoms with Crippen LogP contribution in [0, 0.1) is 0 Å². The number of carbonyl (C=O) groups excluding carboxylic acids is 2. The number of hydrogen-bond donors (Lipinski definition) is 2. The number of nitrogens with zero attached hydrogens (tertiary/aromatic N) is 2. The lowest BCUT2D eigenvalue weighted by Gasteiger charge is -2.14. The van der Waals surface area contributed by atoms with Crippen LogP contribution in [0.25, 0.3) is 0 Å². The average molecular weight is 294 g/mol. The SMILES string of the molecule is CC(C)c1noc(CCC(=O)NC2CCCCNC2=O)n1. The Hall–Kier alpha value is -1.92. The summed E-state index contributed by atoms with van der Waals surface area (Å²) in [7, 11) is 0. The average Bonchev–Trinajstić information content (AvgIpc) is 2.84. The van der Waals surface area contributed by atoms with Crippen LogP contribution in [0.5, 0.6) is 0 Å². The third-order valence-electron chi connectivity index (χ3n) is 3.44. The van der Waals surface area contributed by atoms with Crippen LogP contribution in [0.2, 0.25) is 0 Å². The predicted octanol–water partition coefficient (Wildman–Crippen LogP) is 0.910. The molecule has 1 aromatic rings.